The van der Waals surface area contributed by atoms with Gasteiger partial charge >= 0.3 is 0 Å². The van der Waals surface area contributed by atoms with Crippen molar-refractivity contribution in [2.75, 3.05) is 6.54 Å². The Labute approximate surface area is 97.3 Å². The minimum Gasteiger partial charge on any atom is -0.308 e. The molecule has 0 radical (unpaired) electrons. The van der Waals surface area contributed by atoms with Crippen LogP contribution in [0.5, 0.6) is 0 Å². The summed E-state index contributed by atoms with van der Waals surface area (Å²) in [4.78, 5) is 4.07. The first-order valence-corrected chi connectivity index (χ1v) is 5.79. The Balaban J connectivity index is 2.53. The molecule has 90 valence electrons. The third kappa shape index (κ3) is 3.89. The van der Waals surface area contributed by atoms with Crippen LogP contribution in [0.3, 0.4) is 0 Å². The van der Waals surface area contributed by atoms with Crippen molar-refractivity contribution in [2.24, 2.45) is 5.41 Å². The molecule has 0 saturated carbocycles. The van der Waals surface area contributed by atoms with Crippen LogP contribution in [0, 0.1) is 11.2 Å². The third-order valence-corrected chi connectivity index (χ3v) is 3.04. The number of nitrogens with one attached hydrogen (secondary N) is 1. The molecular formula is C13H21FN2. The van der Waals surface area contributed by atoms with Crippen molar-refractivity contribution >= 4 is 0 Å². The molecule has 2 nitrogen and oxygen atoms in total. The van der Waals surface area contributed by atoms with Gasteiger partial charge in [-0.05, 0) is 30.9 Å². The summed E-state index contributed by atoms with van der Waals surface area (Å²) in [7, 11) is 0. The number of nitrogens with zero attached hydrogens (tertiary/aromatic N) is 1. The first-order valence-electron chi connectivity index (χ1n) is 5.79. The van der Waals surface area contributed by atoms with Crippen LogP contribution in [-0.2, 0) is 0 Å². The summed E-state index contributed by atoms with van der Waals surface area (Å²) in [5.41, 5.74) is 1.17. The van der Waals surface area contributed by atoms with Crippen molar-refractivity contribution in [1.82, 2.24) is 10.3 Å². The second kappa shape index (κ2) is 5.39. The molecule has 3 heteroatoms. The van der Waals surface area contributed by atoms with Gasteiger partial charge in [-0.2, -0.15) is 0 Å². The van der Waals surface area contributed by atoms with Crippen molar-refractivity contribution in [1.29, 1.82) is 0 Å². The van der Waals surface area contributed by atoms with E-state index >= 15 is 0 Å². The first kappa shape index (κ1) is 13.1. The molecule has 1 rings (SSSR count). The van der Waals surface area contributed by atoms with Crippen LogP contribution < -0.4 is 5.32 Å². The zero-order valence-corrected chi connectivity index (χ0v) is 10.5. The highest BCUT2D eigenvalue weighted by Gasteiger charge is 2.16. The predicted molar refractivity (Wildman–Crippen MR) is 64.7 cm³/mol. The van der Waals surface area contributed by atoms with Crippen LogP contribution in [0.4, 0.5) is 4.39 Å². The lowest BCUT2D eigenvalue weighted by Gasteiger charge is -2.25. The van der Waals surface area contributed by atoms with Gasteiger partial charge in [0.15, 0.2) is 0 Å². The summed E-state index contributed by atoms with van der Waals surface area (Å²) in [6, 6.07) is 3.34. The molecule has 0 bridgehead atoms. The Bertz CT molecular complexity index is 319. The second-order valence-corrected chi connectivity index (χ2v) is 5.02. The molecule has 0 spiro atoms. The molecule has 1 unspecified atom stereocenters. The lowest BCUT2D eigenvalue weighted by Crippen LogP contribution is -2.31. The normalized spacial score (nSPS) is 13.8. The van der Waals surface area contributed by atoms with Gasteiger partial charge in [0.25, 0.3) is 0 Å². The molecule has 16 heavy (non-hydrogen) atoms. The average molecular weight is 224 g/mol. The fourth-order valence-electron chi connectivity index (χ4n) is 1.30. The van der Waals surface area contributed by atoms with E-state index in [4.69, 9.17) is 0 Å². The Morgan fingerprint density at radius 3 is 2.62 bits per heavy atom. The lowest BCUT2D eigenvalue weighted by molar-refractivity contribution is 0.312. The number of aromatic nitrogens is 1. The fourth-order valence-corrected chi connectivity index (χ4v) is 1.30. The maximum Gasteiger partial charge on any atom is 0.141 e. The quantitative estimate of drug-likeness (QED) is 0.830. The Kier molecular flexibility index (Phi) is 4.42. The highest BCUT2D eigenvalue weighted by molar-refractivity contribution is 5.08. The topological polar surface area (TPSA) is 24.9 Å². The van der Waals surface area contributed by atoms with Gasteiger partial charge in [0, 0.05) is 12.6 Å². The fraction of sp³-hybridized carbons (Fsp3) is 0.615. The Morgan fingerprint density at radius 2 is 2.12 bits per heavy atom. The molecule has 1 heterocycles. The molecule has 0 aliphatic carbocycles. The van der Waals surface area contributed by atoms with Crippen molar-refractivity contribution in [3.8, 4) is 0 Å². The molecule has 0 saturated heterocycles. The van der Waals surface area contributed by atoms with Crippen LogP contribution in [0.1, 0.15) is 45.9 Å². The Morgan fingerprint density at radius 1 is 1.44 bits per heavy atom. The Hall–Kier alpha value is -0.960. The number of halogens is 1. The molecule has 0 fully saturated rings. The second-order valence-electron chi connectivity index (χ2n) is 5.02. The van der Waals surface area contributed by atoms with Gasteiger partial charge in [-0.25, -0.2) is 4.39 Å². The van der Waals surface area contributed by atoms with E-state index in [1.807, 2.05) is 6.92 Å². The monoisotopic (exact) mass is 224 g/mol. The first-order chi connectivity index (χ1) is 7.44. The molecule has 0 aliphatic heterocycles. The zero-order valence-electron chi connectivity index (χ0n) is 10.5. The van der Waals surface area contributed by atoms with Crippen molar-refractivity contribution in [3.05, 3.63) is 29.8 Å². The maximum atomic E-state index is 12.7. The van der Waals surface area contributed by atoms with Crippen LogP contribution in [0.2, 0.25) is 0 Å². The van der Waals surface area contributed by atoms with Crippen molar-refractivity contribution in [2.45, 2.75) is 40.2 Å². The molecule has 1 aromatic heterocycles. The lowest BCUT2D eigenvalue weighted by atomic mass is 9.90. The number of hydrogen-bond donors (Lipinski definition) is 1. The summed E-state index contributed by atoms with van der Waals surface area (Å²) in [6.07, 6.45) is 2.39. The maximum absolute atomic E-state index is 12.7. The van der Waals surface area contributed by atoms with E-state index in [0.717, 1.165) is 18.7 Å². The molecule has 1 N–H and O–H groups in total. The van der Waals surface area contributed by atoms with Gasteiger partial charge < -0.3 is 5.32 Å². The predicted octanol–water partition coefficient (Wildman–Crippen LogP) is 3.31. The largest absolute Gasteiger partial charge is 0.308 e. The van der Waals surface area contributed by atoms with E-state index < -0.39 is 0 Å². The number of pyridine rings is 1. The van der Waals surface area contributed by atoms with E-state index in [1.165, 1.54) is 12.3 Å². The summed E-state index contributed by atoms with van der Waals surface area (Å²) in [5.74, 6) is -0.287. The van der Waals surface area contributed by atoms with E-state index in [2.05, 4.69) is 31.1 Å². The van der Waals surface area contributed by atoms with E-state index in [1.54, 1.807) is 6.07 Å². The van der Waals surface area contributed by atoms with Gasteiger partial charge in [0.05, 0.1) is 11.9 Å². The minimum atomic E-state index is -0.287. The van der Waals surface area contributed by atoms with Crippen LogP contribution in [-0.4, -0.2) is 11.5 Å². The molecule has 0 aliphatic rings. The van der Waals surface area contributed by atoms with E-state index in [0.29, 0.717) is 0 Å². The standard InChI is InChI=1S/C13H21FN2/c1-5-13(3,4)9-16-10(2)12-7-6-11(14)8-15-12/h6-8,10,16H,5,9H2,1-4H3. The highest BCUT2D eigenvalue weighted by atomic mass is 19.1. The molecular weight excluding hydrogens is 203 g/mol. The van der Waals surface area contributed by atoms with Crippen molar-refractivity contribution in [3.63, 3.8) is 0 Å². The zero-order chi connectivity index (χ0) is 12.2. The van der Waals surface area contributed by atoms with Crippen molar-refractivity contribution < 1.29 is 4.39 Å². The van der Waals surface area contributed by atoms with E-state index in [9.17, 15) is 4.39 Å². The van der Waals surface area contributed by atoms with Gasteiger partial charge in [-0.3, -0.25) is 4.98 Å². The highest BCUT2D eigenvalue weighted by Crippen LogP contribution is 2.19. The van der Waals surface area contributed by atoms with E-state index in [-0.39, 0.29) is 17.3 Å². The minimum absolute atomic E-state index is 0.159. The van der Waals surface area contributed by atoms with Gasteiger partial charge in [0.2, 0.25) is 0 Å². The molecule has 0 amide bonds. The van der Waals surface area contributed by atoms with Crippen LogP contribution in [0.25, 0.3) is 0 Å². The van der Waals surface area contributed by atoms with Gasteiger partial charge in [-0.15, -0.1) is 0 Å². The van der Waals surface area contributed by atoms with Crippen LogP contribution >= 0.6 is 0 Å². The summed E-state index contributed by atoms with van der Waals surface area (Å²) < 4.78 is 12.7. The molecule has 0 aromatic carbocycles. The smallest absolute Gasteiger partial charge is 0.141 e. The van der Waals surface area contributed by atoms with Gasteiger partial charge in [0.1, 0.15) is 5.82 Å². The van der Waals surface area contributed by atoms with Gasteiger partial charge in [-0.1, -0.05) is 20.8 Å². The van der Waals surface area contributed by atoms with Crippen LogP contribution in [0.15, 0.2) is 18.3 Å². The molecule has 1 atom stereocenters. The summed E-state index contributed by atoms with van der Waals surface area (Å²) in [6.45, 7) is 9.62. The summed E-state index contributed by atoms with van der Waals surface area (Å²) >= 11 is 0. The SMILES string of the molecule is CCC(C)(C)CNC(C)c1ccc(F)cn1. The number of rotatable bonds is 5. The average Bonchev–Trinajstić information content (AvgIpc) is 2.27. The molecule has 1 aromatic rings. The number of hydrogen-bond acceptors (Lipinski definition) is 2. The third-order valence-electron chi connectivity index (χ3n) is 3.04. The summed E-state index contributed by atoms with van der Waals surface area (Å²) in [5, 5.41) is 3.42.